The van der Waals surface area contributed by atoms with Gasteiger partial charge in [0, 0.05) is 23.2 Å². The number of hydrogen-bond donors (Lipinski definition) is 1. The highest BCUT2D eigenvalue weighted by Crippen LogP contribution is 2.14. The zero-order valence-corrected chi connectivity index (χ0v) is 15.7. The van der Waals surface area contributed by atoms with E-state index in [4.69, 9.17) is 4.74 Å². The molecule has 0 spiro atoms. The maximum atomic E-state index is 12.4. The molecule has 0 bridgehead atoms. The number of anilines is 1. The van der Waals surface area contributed by atoms with Crippen LogP contribution in [0.25, 0.3) is 6.08 Å². The SMILES string of the molecule is CC(C)C(=O)Nc1ccc(C(=O)[C@H](C)OC(=O)/C=C/c2ccsc2)cc1. The first-order valence-corrected chi connectivity index (χ1v) is 9.17. The van der Waals surface area contributed by atoms with Crippen LogP contribution in [0.4, 0.5) is 5.69 Å². The molecule has 1 amide bonds. The molecular weight excluding hydrogens is 350 g/mol. The van der Waals surface area contributed by atoms with Crippen LogP contribution in [0.1, 0.15) is 36.7 Å². The lowest BCUT2D eigenvalue weighted by Gasteiger charge is -2.12. The van der Waals surface area contributed by atoms with Gasteiger partial charge >= 0.3 is 5.97 Å². The van der Waals surface area contributed by atoms with Crippen LogP contribution in [-0.4, -0.2) is 23.8 Å². The molecule has 1 aromatic carbocycles. The number of benzene rings is 1. The minimum Gasteiger partial charge on any atom is -0.451 e. The van der Waals surface area contributed by atoms with Gasteiger partial charge < -0.3 is 10.1 Å². The van der Waals surface area contributed by atoms with Crippen LogP contribution in [0.15, 0.2) is 47.2 Å². The van der Waals surface area contributed by atoms with Gasteiger partial charge in [-0.1, -0.05) is 13.8 Å². The van der Waals surface area contributed by atoms with Crippen LogP contribution < -0.4 is 5.32 Å². The molecule has 2 aromatic rings. The van der Waals surface area contributed by atoms with Crippen molar-refractivity contribution in [3.05, 3.63) is 58.3 Å². The molecule has 6 heteroatoms. The van der Waals surface area contributed by atoms with Crippen molar-refractivity contribution >= 4 is 40.8 Å². The average Bonchev–Trinajstić information content (AvgIpc) is 3.13. The summed E-state index contributed by atoms with van der Waals surface area (Å²) in [6.07, 6.45) is 2.05. The minimum atomic E-state index is -0.897. The number of rotatable bonds is 7. The van der Waals surface area contributed by atoms with Gasteiger partial charge in [-0.2, -0.15) is 11.3 Å². The summed E-state index contributed by atoms with van der Waals surface area (Å²) in [5, 5.41) is 6.56. The van der Waals surface area contributed by atoms with Gasteiger partial charge in [0.2, 0.25) is 11.7 Å². The predicted octanol–water partition coefficient (Wildman–Crippen LogP) is 4.17. The fourth-order valence-electron chi connectivity index (χ4n) is 2.04. The van der Waals surface area contributed by atoms with Gasteiger partial charge in [0.15, 0.2) is 6.10 Å². The number of ketones is 1. The average molecular weight is 371 g/mol. The van der Waals surface area contributed by atoms with Crippen molar-refractivity contribution in [1.29, 1.82) is 0 Å². The Balaban J connectivity index is 1.92. The lowest BCUT2D eigenvalue weighted by atomic mass is 10.1. The predicted molar refractivity (Wildman–Crippen MR) is 103 cm³/mol. The second-order valence-corrected chi connectivity index (χ2v) is 6.83. The first-order chi connectivity index (χ1) is 12.4. The first-order valence-electron chi connectivity index (χ1n) is 8.23. The van der Waals surface area contributed by atoms with E-state index in [1.165, 1.54) is 24.3 Å². The van der Waals surface area contributed by atoms with E-state index in [-0.39, 0.29) is 17.6 Å². The van der Waals surface area contributed by atoms with Gasteiger partial charge in [-0.3, -0.25) is 9.59 Å². The van der Waals surface area contributed by atoms with Crippen molar-refractivity contribution in [3.63, 3.8) is 0 Å². The maximum Gasteiger partial charge on any atom is 0.331 e. The van der Waals surface area contributed by atoms with Crippen LogP contribution in [-0.2, 0) is 14.3 Å². The number of carbonyl (C=O) groups excluding carboxylic acids is 3. The van der Waals surface area contributed by atoms with E-state index in [0.29, 0.717) is 11.3 Å². The summed E-state index contributed by atoms with van der Waals surface area (Å²) in [5.74, 6) is -1.09. The lowest BCUT2D eigenvalue weighted by molar-refractivity contribution is -0.140. The summed E-state index contributed by atoms with van der Waals surface area (Å²) in [7, 11) is 0. The van der Waals surface area contributed by atoms with E-state index in [1.54, 1.807) is 44.2 Å². The molecule has 0 aliphatic carbocycles. The smallest absolute Gasteiger partial charge is 0.331 e. The number of amides is 1. The summed E-state index contributed by atoms with van der Waals surface area (Å²) < 4.78 is 5.15. The minimum absolute atomic E-state index is 0.0937. The standard InChI is InChI=1S/C20H21NO4S/c1-13(2)20(24)21-17-7-5-16(6-8-17)19(23)14(3)25-18(22)9-4-15-10-11-26-12-15/h4-14H,1-3H3,(H,21,24)/b9-4+/t14-/m0/s1. The zero-order valence-electron chi connectivity index (χ0n) is 14.9. The molecule has 0 saturated carbocycles. The van der Waals surface area contributed by atoms with E-state index in [0.717, 1.165) is 5.56 Å². The molecule has 0 radical (unpaired) electrons. The van der Waals surface area contributed by atoms with Crippen molar-refractivity contribution in [2.45, 2.75) is 26.9 Å². The molecule has 0 aliphatic heterocycles. The Bertz CT molecular complexity index is 792. The van der Waals surface area contributed by atoms with E-state index < -0.39 is 12.1 Å². The van der Waals surface area contributed by atoms with E-state index >= 15 is 0 Å². The number of nitrogens with one attached hydrogen (secondary N) is 1. The lowest BCUT2D eigenvalue weighted by Crippen LogP contribution is -2.23. The Hall–Kier alpha value is -2.73. The quantitative estimate of drug-likeness (QED) is 0.450. The zero-order chi connectivity index (χ0) is 19.1. The highest BCUT2D eigenvalue weighted by atomic mass is 32.1. The van der Waals surface area contributed by atoms with Gasteiger partial charge in [-0.25, -0.2) is 4.79 Å². The van der Waals surface area contributed by atoms with Crippen molar-refractivity contribution in [3.8, 4) is 0 Å². The molecule has 0 unspecified atom stereocenters. The monoisotopic (exact) mass is 371 g/mol. The fraction of sp³-hybridized carbons (Fsp3) is 0.250. The van der Waals surface area contributed by atoms with Gasteiger partial charge in [0.25, 0.3) is 0 Å². The summed E-state index contributed by atoms with van der Waals surface area (Å²) in [6, 6.07) is 8.38. The molecule has 136 valence electrons. The molecular formula is C20H21NO4S. The summed E-state index contributed by atoms with van der Waals surface area (Å²) in [6.45, 7) is 5.14. The summed E-state index contributed by atoms with van der Waals surface area (Å²) in [4.78, 5) is 35.9. The van der Waals surface area contributed by atoms with Crippen LogP contribution in [0.5, 0.6) is 0 Å². The number of hydrogen-bond acceptors (Lipinski definition) is 5. The molecule has 0 saturated heterocycles. The summed E-state index contributed by atoms with van der Waals surface area (Å²) in [5.41, 5.74) is 1.93. The van der Waals surface area contributed by atoms with Crippen molar-refractivity contribution in [2.24, 2.45) is 5.92 Å². The van der Waals surface area contributed by atoms with Crippen LogP contribution >= 0.6 is 11.3 Å². The fourth-order valence-corrected chi connectivity index (χ4v) is 2.67. The molecule has 0 fully saturated rings. The Kier molecular flexibility index (Phi) is 6.86. The van der Waals surface area contributed by atoms with Gasteiger partial charge in [0.1, 0.15) is 0 Å². The van der Waals surface area contributed by atoms with Gasteiger partial charge in [-0.05, 0) is 59.7 Å². The van der Waals surface area contributed by atoms with Crippen molar-refractivity contribution in [1.82, 2.24) is 0 Å². The Morgan fingerprint density at radius 1 is 1.08 bits per heavy atom. The number of esters is 1. The third kappa shape index (κ3) is 5.67. The first kappa shape index (κ1) is 19.6. The van der Waals surface area contributed by atoms with Gasteiger partial charge in [-0.15, -0.1) is 0 Å². The molecule has 1 heterocycles. The second kappa shape index (κ2) is 9.10. The number of carbonyl (C=O) groups is 3. The highest BCUT2D eigenvalue weighted by molar-refractivity contribution is 7.08. The highest BCUT2D eigenvalue weighted by Gasteiger charge is 2.18. The van der Waals surface area contributed by atoms with Crippen LogP contribution in [0.2, 0.25) is 0 Å². The molecule has 2 rings (SSSR count). The van der Waals surface area contributed by atoms with E-state index in [9.17, 15) is 14.4 Å². The van der Waals surface area contributed by atoms with Gasteiger partial charge in [0.05, 0.1) is 0 Å². The number of thiophene rings is 1. The Morgan fingerprint density at radius 2 is 1.77 bits per heavy atom. The Labute approximate surface area is 156 Å². The number of ether oxygens (including phenoxy) is 1. The number of Topliss-reactive ketones (excluding diaryl/α,β-unsaturated/α-hetero) is 1. The van der Waals surface area contributed by atoms with E-state index in [2.05, 4.69) is 5.32 Å². The van der Waals surface area contributed by atoms with Crippen molar-refractivity contribution in [2.75, 3.05) is 5.32 Å². The molecule has 1 atom stereocenters. The van der Waals surface area contributed by atoms with Crippen LogP contribution in [0.3, 0.4) is 0 Å². The topological polar surface area (TPSA) is 72.5 Å². The van der Waals surface area contributed by atoms with Crippen LogP contribution in [0, 0.1) is 5.92 Å². The molecule has 5 nitrogen and oxygen atoms in total. The maximum absolute atomic E-state index is 12.4. The molecule has 0 aliphatic rings. The van der Waals surface area contributed by atoms with Crippen molar-refractivity contribution < 1.29 is 19.1 Å². The second-order valence-electron chi connectivity index (χ2n) is 6.05. The molecule has 1 N–H and O–H groups in total. The normalized spacial score (nSPS) is 12.2. The molecule has 26 heavy (non-hydrogen) atoms. The third-order valence-electron chi connectivity index (χ3n) is 3.58. The largest absolute Gasteiger partial charge is 0.451 e. The summed E-state index contributed by atoms with van der Waals surface area (Å²) >= 11 is 1.53. The van der Waals surface area contributed by atoms with E-state index in [1.807, 2.05) is 16.8 Å². The third-order valence-corrected chi connectivity index (χ3v) is 4.28. The molecule has 1 aromatic heterocycles. The Morgan fingerprint density at radius 3 is 2.35 bits per heavy atom.